The quantitative estimate of drug-likeness (QED) is 0.900. The van der Waals surface area contributed by atoms with Crippen LogP contribution in [0.4, 0.5) is 0 Å². The summed E-state index contributed by atoms with van der Waals surface area (Å²) in [6.45, 7) is 4.43. The topological polar surface area (TPSA) is 64.9 Å². The van der Waals surface area contributed by atoms with Crippen molar-refractivity contribution in [3.63, 3.8) is 0 Å². The van der Waals surface area contributed by atoms with Crippen LogP contribution in [0.2, 0.25) is 0 Å². The highest BCUT2D eigenvalue weighted by molar-refractivity contribution is 5.24. The maximum Gasteiger partial charge on any atom is 0.248 e. The maximum atomic E-state index is 6.12. The summed E-state index contributed by atoms with van der Waals surface area (Å²) in [5.41, 5.74) is 7.41. The molecule has 2 aromatic rings. The molecule has 1 heterocycles. The van der Waals surface area contributed by atoms with Crippen molar-refractivity contribution in [3.05, 3.63) is 47.6 Å². The third kappa shape index (κ3) is 1.93. The summed E-state index contributed by atoms with van der Waals surface area (Å²) in [5, 5.41) is 4.05. The molecular formula is C14H17N3O. The van der Waals surface area contributed by atoms with Crippen molar-refractivity contribution < 1.29 is 4.52 Å². The monoisotopic (exact) mass is 243 g/mol. The second-order valence-electron chi connectivity index (χ2n) is 5.62. The Kier molecular flexibility index (Phi) is 2.48. The number of hydrogen-bond donors (Lipinski definition) is 1. The molecule has 18 heavy (non-hydrogen) atoms. The van der Waals surface area contributed by atoms with Crippen molar-refractivity contribution in [2.75, 3.05) is 0 Å². The fraction of sp³-hybridized carbons (Fsp3) is 0.429. The number of hydrogen-bond acceptors (Lipinski definition) is 4. The Morgan fingerprint density at radius 1 is 1.33 bits per heavy atom. The summed E-state index contributed by atoms with van der Waals surface area (Å²) >= 11 is 0. The summed E-state index contributed by atoms with van der Waals surface area (Å²) in [4.78, 5) is 4.44. The van der Waals surface area contributed by atoms with Gasteiger partial charge in [-0.05, 0) is 17.4 Å². The first-order valence-electron chi connectivity index (χ1n) is 6.22. The molecule has 0 saturated heterocycles. The van der Waals surface area contributed by atoms with Crippen molar-refractivity contribution in [2.45, 2.75) is 32.2 Å². The molecular weight excluding hydrogens is 226 g/mol. The average molecular weight is 243 g/mol. The van der Waals surface area contributed by atoms with Crippen LogP contribution in [0, 0.1) is 5.41 Å². The van der Waals surface area contributed by atoms with Gasteiger partial charge in [0.15, 0.2) is 5.82 Å². The van der Waals surface area contributed by atoms with Crippen LogP contribution in [-0.4, -0.2) is 10.1 Å². The minimum Gasteiger partial charge on any atom is -0.337 e. The van der Waals surface area contributed by atoms with Gasteiger partial charge in [0.05, 0.1) is 0 Å². The molecule has 3 rings (SSSR count). The van der Waals surface area contributed by atoms with Crippen LogP contribution in [0.5, 0.6) is 0 Å². The number of benzene rings is 1. The summed E-state index contributed by atoms with van der Waals surface area (Å²) in [6, 6.07) is 9.47. The lowest BCUT2D eigenvalue weighted by Gasteiger charge is -2.05. The highest BCUT2D eigenvalue weighted by Gasteiger charge is 2.49. The summed E-state index contributed by atoms with van der Waals surface area (Å²) < 4.78 is 5.29. The second kappa shape index (κ2) is 3.92. The maximum absolute atomic E-state index is 6.12. The van der Waals surface area contributed by atoms with Crippen molar-refractivity contribution in [1.82, 2.24) is 10.1 Å². The Balaban J connectivity index is 1.82. The molecule has 1 aliphatic carbocycles. The lowest BCUT2D eigenvalue weighted by atomic mass is 10.1. The minimum atomic E-state index is -0.339. The molecule has 1 saturated carbocycles. The lowest BCUT2D eigenvalue weighted by Crippen LogP contribution is -2.12. The highest BCUT2D eigenvalue weighted by Crippen LogP contribution is 2.57. The van der Waals surface area contributed by atoms with Crippen LogP contribution >= 0.6 is 0 Å². The third-order valence-corrected chi connectivity index (χ3v) is 3.71. The van der Waals surface area contributed by atoms with Crippen LogP contribution in [-0.2, 0) is 0 Å². The SMILES string of the molecule is CC1(C)CC1c1noc([C@@H](N)c2ccccc2)n1. The van der Waals surface area contributed by atoms with Gasteiger partial charge in [0.25, 0.3) is 0 Å². The largest absolute Gasteiger partial charge is 0.337 e. The Hall–Kier alpha value is -1.68. The standard InChI is InChI=1S/C14H17N3O/c1-14(2)8-10(14)12-16-13(18-17-12)11(15)9-6-4-3-5-7-9/h3-7,10-11H,8,15H2,1-2H3/t10?,11-/m0/s1. The molecule has 2 atom stereocenters. The van der Waals surface area contributed by atoms with Crippen LogP contribution in [0.15, 0.2) is 34.9 Å². The Labute approximate surface area is 106 Å². The molecule has 1 fully saturated rings. The molecule has 4 heteroatoms. The van der Waals surface area contributed by atoms with Crippen molar-refractivity contribution >= 4 is 0 Å². The zero-order valence-corrected chi connectivity index (χ0v) is 10.6. The molecule has 4 nitrogen and oxygen atoms in total. The van der Waals surface area contributed by atoms with E-state index in [2.05, 4.69) is 24.0 Å². The van der Waals surface area contributed by atoms with E-state index in [1.54, 1.807) is 0 Å². The van der Waals surface area contributed by atoms with E-state index < -0.39 is 0 Å². The predicted octanol–water partition coefficient (Wildman–Crippen LogP) is 2.63. The zero-order valence-electron chi connectivity index (χ0n) is 10.6. The predicted molar refractivity (Wildman–Crippen MR) is 67.9 cm³/mol. The van der Waals surface area contributed by atoms with E-state index in [0.717, 1.165) is 17.8 Å². The van der Waals surface area contributed by atoms with Gasteiger partial charge in [-0.2, -0.15) is 4.98 Å². The molecule has 1 aromatic heterocycles. The molecule has 1 aliphatic rings. The minimum absolute atomic E-state index is 0.304. The highest BCUT2D eigenvalue weighted by atomic mass is 16.5. The summed E-state index contributed by atoms with van der Waals surface area (Å²) in [5.74, 6) is 1.71. The van der Waals surface area contributed by atoms with Gasteiger partial charge in [0.2, 0.25) is 5.89 Å². The Morgan fingerprint density at radius 2 is 2.00 bits per heavy atom. The van der Waals surface area contributed by atoms with Gasteiger partial charge < -0.3 is 10.3 Å². The smallest absolute Gasteiger partial charge is 0.248 e. The lowest BCUT2D eigenvalue weighted by molar-refractivity contribution is 0.361. The van der Waals surface area contributed by atoms with Crippen molar-refractivity contribution in [3.8, 4) is 0 Å². The Morgan fingerprint density at radius 3 is 2.61 bits per heavy atom. The summed E-state index contributed by atoms with van der Waals surface area (Å²) in [7, 11) is 0. The van der Waals surface area contributed by atoms with E-state index in [9.17, 15) is 0 Å². The molecule has 2 N–H and O–H groups in total. The average Bonchev–Trinajstić information content (AvgIpc) is 2.80. The molecule has 0 amide bonds. The number of nitrogens with two attached hydrogens (primary N) is 1. The third-order valence-electron chi connectivity index (χ3n) is 3.71. The molecule has 0 spiro atoms. The van der Waals surface area contributed by atoms with E-state index >= 15 is 0 Å². The first kappa shape index (κ1) is 11.4. The van der Waals surface area contributed by atoms with Crippen LogP contribution in [0.1, 0.15) is 49.5 Å². The van der Waals surface area contributed by atoms with Gasteiger partial charge in [-0.3, -0.25) is 0 Å². The molecule has 0 radical (unpaired) electrons. The van der Waals surface area contributed by atoms with Gasteiger partial charge in [-0.25, -0.2) is 0 Å². The number of nitrogens with zero attached hydrogens (tertiary/aromatic N) is 2. The van der Waals surface area contributed by atoms with Crippen molar-refractivity contribution in [2.24, 2.45) is 11.1 Å². The Bertz CT molecular complexity index is 547. The van der Waals surface area contributed by atoms with E-state index in [0.29, 0.717) is 17.2 Å². The molecule has 0 bridgehead atoms. The molecule has 94 valence electrons. The fourth-order valence-electron chi connectivity index (χ4n) is 2.23. The zero-order chi connectivity index (χ0) is 12.8. The molecule has 0 aliphatic heterocycles. The van der Waals surface area contributed by atoms with Gasteiger partial charge in [-0.1, -0.05) is 49.3 Å². The first-order valence-corrected chi connectivity index (χ1v) is 6.22. The van der Waals surface area contributed by atoms with Crippen LogP contribution in [0.3, 0.4) is 0 Å². The van der Waals surface area contributed by atoms with E-state index in [1.165, 1.54) is 0 Å². The summed E-state index contributed by atoms with van der Waals surface area (Å²) in [6.07, 6.45) is 1.12. The van der Waals surface area contributed by atoms with Crippen LogP contribution in [0.25, 0.3) is 0 Å². The van der Waals surface area contributed by atoms with E-state index in [1.807, 2.05) is 30.3 Å². The van der Waals surface area contributed by atoms with Crippen LogP contribution < -0.4 is 5.73 Å². The van der Waals surface area contributed by atoms with Gasteiger partial charge >= 0.3 is 0 Å². The molecule has 1 aromatic carbocycles. The van der Waals surface area contributed by atoms with Gasteiger partial charge in [0.1, 0.15) is 6.04 Å². The first-order chi connectivity index (χ1) is 8.58. The van der Waals surface area contributed by atoms with E-state index in [4.69, 9.17) is 10.3 Å². The van der Waals surface area contributed by atoms with E-state index in [-0.39, 0.29) is 6.04 Å². The number of aromatic nitrogens is 2. The number of rotatable bonds is 3. The van der Waals surface area contributed by atoms with Gasteiger partial charge in [-0.15, -0.1) is 0 Å². The van der Waals surface area contributed by atoms with Crippen molar-refractivity contribution in [1.29, 1.82) is 0 Å². The second-order valence-corrected chi connectivity index (χ2v) is 5.62. The fourth-order valence-corrected chi connectivity index (χ4v) is 2.23. The molecule has 1 unspecified atom stereocenters. The van der Waals surface area contributed by atoms with Gasteiger partial charge in [0, 0.05) is 5.92 Å². The normalized spacial score (nSPS) is 22.7.